The number of hydrogen-bond donors (Lipinski definition) is 0. The number of rotatable bonds is 1. The van der Waals surface area contributed by atoms with Gasteiger partial charge in [-0.2, -0.15) is 0 Å². The van der Waals surface area contributed by atoms with E-state index in [0.29, 0.717) is 0 Å². The molecule has 15 heavy (non-hydrogen) atoms. The van der Waals surface area contributed by atoms with E-state index in [0.717, 1.165) is 6.42 Å². The summed E-state index contributed by atoms with van der Waals surface area (Å²) in [4.78, 5) is 0. The van der Waals surface area contributed by atoms with Crippen molar-refractivity contribution >= 4 is 6.08 Å². The van der Waals surface area contributed by atoms with Crippen LogP contribution in [-0.2, 0) is 6.42 Å². The molecule has 2 aromatic rings. The Balaban J connectivity index is 2.06. The Labute approximate surface area is 89.7 Å². The standard InChI is InChI=1S/C14H13N/c1-11-7-12-9-15(10-13(12)8-11)14-5-3-2-4-6-14/h2-7,9-10H,8H2,1H3. The van der Waals surface area contributed by atoms with Gasteiger partial charge in [-0.05, 0) is 36.6 Å². The van der Waals surface area contributed by atoms with E-state index in [1.165, 1.54) is 22.4 Å². The zero-order valence-corrected chi connectivity index (χ0v) is 8.77. The average Bonchev–Trinajstić information content (AvgIpc) is 2.76. The molecular weight excluding hydrogens is 182 g/mol. The van der Waals surface area contributed by atoms with Gasteiger partial charge in [0, 0.05) is 18.1 Å². The minimum atomic E-state index is 1.11. The molecule has 0 saturated heterocycles. The molecule has 1 nitrogen and oxygen atoms in total. The van der Waals surface area contributed by atoms with E-state index in [9.17, 15) is 0 Å². The lowest BCUT2D eigenvalue weighted by Gasteiger charge is -2.01. The summed E-state index contributed by atoms with van der Waals surface area (Å²) in [7, 11) is 0. The molecule has 0 bridgehead atoms. The van der Waals surface area contributed by atoms with Crippen molar-refractivity contribution in [2.24, 2.45) is 0 Å². The van der Waals surface area contributed by atoms with Crippen molar-refractivity contribution in [1.29, 1.82) is 0 Å². The maximum atomic E-state index is 2.27. The Morgan fingerprint density at radius 3 is 2.60 bits per heavy atom. The van der Waals surface area contributed by atoms with Crippen LogP contribution in [0, 0.1) is 0 Å². The lowest BCUT2D eigenvalue weighted by molar-refractivity contribution is 1.06. The topological polar surface area (TPSA) is 4.93 Å². The lowest BCUT2D eigenvalue weighted by Crippen LogP contribution is -1.89. The molecule has 1 aliphatic rings. The number of fused-ring (bicyclic) bond motifs is 1. The van der Waals surface area contributed by atoms with Crippen molar-refractivity contribution in [1.82, 2.24) is 4.57 Å². The highest BCUT2D eigenvalue weighted by molar-refractivity contribution is 5.63. The second-order valence-corrected chi connectivity index (χ2v) is 4.15. The molecule has 1 heterocycles. The number of nitrogens with zero attached hydrogens (tertiary/aromatic N) is 1. The third-order valence-electron chi connectivity index (χ3n) is 2.87. The van der Waals surface area contributed by atoms with Crippen LogP contribution in [-0.4, -0.2) is 4.57 Å². The zero-order chi connectivity index (χ0) is 10.3. The van der Waals surface area contributed by atoms with E-state index in [1.807, 2.05) is 6.07 Å². The SMILES string of the molecule is CC1=Cc2cn(-c3ccccc3)cc2C1. The normalized spacial score (nSPS) is 13.8. The van der Waals surface area contributed by atoms with Gasteiger partial charge in [0.2, 0.25) is 0 Å². The van der Waals surface area contributed by atoms with Crippen molar-refractivity contribution < 1.29 is 0 Å². The number of aromatic nitrogens is 1. The van der Waals surface area contributed by atoms with Crippen LogP contribution in [0.15, 0.2) is 48.3 Å². The van der Waals surface area contributed by atoms with E-state index >= 15 is 0 Å². The van der Waals surface area contributed by atoms with Gasteiger partial charge < -0.3 is 4.57 Å². The van der Waals surface area contributed by atoms with Crippen LogP contribution in [0.1, 0.15) is 18.1 Å². The van der Waals surface area contributed by atoms with E-state index < -0.39 is 0 Å². The molecule has 1 heteroatoms. The van der Waals surface area contributed by atoms with Gasteiger partial charge in [0.05, 0.1) is 0 Å². The molecule has 0 atom stereocenters. The third kappa shape index (κ3) is 1.40. The Morgan fingerprint density at radius 2 is 1.87 bits per heavy atom. The van der Waals surface area contributed by atoms with Crippen molar-refractivity contribution in [2.45, 2.75) is 13.3 Å². The first-order chi connectivity index (χ1) is 7.33. The van der Waals surface area contributed by atoms with Crippen molar-refractivity contribution in [3.8, 4) is 5.69 Å². The number of benzene rings is 1. The summed E-state index contributed by atoms with van der Waals surface area (Å²) >= 11 is 0. The number of hydrogen-bond acceptors (Lipinski definition) is 0. The first-order valence-corrected chi connectivity index (χ1v) is 5.26. The van der Waals surface area contributed by atoms with Gasteiger partial charge in [-0.1, -0.05) is 29.8 Å². The lowest BCUT2D eigenvalue weighted by atomic mass is 10.2. The fourth-order valence-corrected chi connectivity index (χ4v) is 2.16. The summed E-state index contributed by atoms with van der Waals surface area (Å²) in [6.45, 7) is 2.19. The average molecular weight is 195 g/mol. The maximum absolute atomic E-state index is 2.27. The van der Waals surface area contributed by atoms with Crippen LogP contribution in [0.5, 0.6) is 0 Å². The summed E-state index contributed by atoms with van der Waals surface area (Å²) in [6, 6.07) is 10.4. The second-order valence-electron chi connectivity index (χ2n) is 4.15. The summed E-state index contributed by atoms with van der Waals surface area (Å²) in [5, 5.41) is 0. The van der Waals surface area contributed by atoms with Gasteiger partial charge in [0.1, 0.15) is 0 Å². The van der Waals surface area contributed by atoms with Gasteiger partial charge in [0.25, 0.3) is 0 Å². The maximum Gasteiger partial charge on any atom is 0.0449 e. The second kappa shape index (κ2) is 3.13. The van der Waals surface area contributed by atoms with Gasteiger partial charge in [-0.3, -0.25) is 0 Å². The minimum Gasteiger partial charge on any atom is -0.323 e. The fraction of sp³-hybridized carbons (Fsp3) is 0.143. The monoisotopic (exact) mass is 195 g/mol. The Kier molecular flexibility index (Phi) is 1.78. The van der Waals surface area contributed by atoms with Crippen LogP contribution in [0.25, 0.3) is 11.8 Å². The van der Waals surface area contributed by atoms with Crippen molar-refractivity contribution in [2.75, 3.05) is 0 Å². The highest BCUT2D eigenvalue weighted by Crippen LogP contribution is 2.26. The predicted molar refractivity (Wildman–Crippen MR) is 63.1 cm³/mol. The van der Waals surface area contributed by atoms with E-state index in [4.69, 9.17) is 0 Å². The van der Waals surface area contributed by atoms with Gasteiger partial charge in [0.15, 0.2) is 0 Å². The van der Waals surface area contributed by atoms with E-state index in [-0.39, 0.29) is 0 Å². The van der Waals surface area contributed by atoms with Crippen LogP contribution in [0.2, 0.25) is 0 Å². The Hall–Kier alpha value is -1.76. The number of para-hydroxylation sites is 1. The summed E-state index contributed by atoms with van der Waals surface area (Å²) in [6.07, 6.45) is 7.82. The molecule has 0 radical (unpaired) electrons. The third-order valence-corrected chi connectivity index (χ3v) is 2.87. The zero-order valence-electron chi connectivity index (χ0n) is 8.77. The molecule has 3 rings (SSSR count). The highest BCUT2D eigenvalue weighted by Gasteiger charge is 2.12. The highest BCUT2D eigenvalue weighted by atomic mass is 14.9. The molecule has 0 N–H and O–H groups in total. The van der Waals surface area contributed by atoms with Crippen LogP contribution in [0.3, 0.4) is 0 Å². The van der Waals surface area contributed by atoms with Gasteiger partial charge >= 0.3 is 0 Å². The van der Waals surface area contributed by atoms with E-state index in [2.05, 4.69) is 54.2 Å². The van der Waals surface area contributed by atoms with Gasteiger partial charge in [-0.15, -0.1) is 0 Å². The quantitative estimate of drug-likeness (QED) is 0.657. The molecule has 1 aliphatic carbocycles. The van der Waals surface area contributed by atoms with Crippen LogP contribution >= 0.6 is 0 Å². The van der Waals surface area contributed by atoms with Gasteiger partial charge in [-0.25, -0.2) is 0 Å². The molecule has 1 aromatic heterocycles. The summed E-state index contributed by atoms with van der Waals surface area (Å²) in [5.74, 6) is 0. The largest absolute Gasteiger partial charge is 0.323 e. The fourth-order valence-electron chi connectivity index (χ4n) is 2.16. The first kappa shape index (κ1) is 8.54. The first-order valence-electron chi connectivity index (χ1n) is 5.26. The van der Waals surface area contributed by atoms with Crippen molar-refractivity contribution in [3.63, 3.8) is 0 Å². The molecule has 0 fully saturated rings. The van der Waals surface area contributed by atoms with Crippen LogP contribution < -0.4 is 0 Å². The molecule has 0 aliphatic heterocycles. The molecule has 0 spiro atoms. The van der Waals surface area contributed by atoms with Crippen LogP contribution in [0.4, 0.5) is 0 Å². The minimum absolute atomic E-state index is 1.11. The number of allylic oxidation sites excluding steroid dienone is 1. The molecule has 0 saturated carbocycles. The molecule has 1 aromatic carbocycles. The van der Waals surface area contributed by atoms with Crippen molar-refractivity contribution in [3.05, 3.63) is 59.4 Å². The van der Waals surface area contributed by atoms with E-state index in [1.54, 1.807) is 0 Å². The molecule has 0 amide bonds. The summed E-state index contributed by atoms with van der Waals surface area (Å²) in [5.41, 5.74) is 5.51. The molecular formula is C14H13N. The Morgan fingerprint density at radius 1 is 1.07 bits per heavy atom. The smallest absolute Gasteiger partial charge is 0.0449 e. The predicted octanol–water partition coefficient (Wildman–Crippen LogP) is 3.44. The molecule has 0 unspecified atom stereocenters. The Bertz CT molecular complexity index is 518. The summed E-state index contributed by atoms with van der Waals surface area (Å²) < 4.78 is 2.20. The molecule has 74 valence electrons.